The fourth-order valence-corrected chi connectivity index (χ4v) is 3.49. The molecule has 5 heteroatoms. The molecule has 2 N–H and O–H groups in total. The summed E-state index contributed by atoms with van der Waals surface area (Å²) in [6, 6.07) is 0. The van der Waals surface area contributed by atoms with Gasteiger partial charge >= 0.3 is 0 Å². The standard InChI is InChI=1S/C12H20N2O2S/c1-6-17(15,16)11-8(4)10(7(2)3)9(5)14-12(11)13/h7H,6H2,1-5H3,(H2,13,14). The molecule has 0 bridgehead atoms. The fraction of sp³-hybridized carbons (Fsp3) is 0.583. The van der Waals surface area contributed by atoms with Crippen molar-refractivity contribution in [2.75, 3.05) is 11.5 Å². The van der Waals surface area contributed by atoms with Gasteiger partial charge in [-0.05, 0) is 30.9 Å². The lowest BCUT2D eigenvalue weighted by molar-refractivity contribution is 0.596. The van der Waals surface area contributed by atoms with Crippen LogP contribution in [0.25, 0.3) is 0 Å². The molecule has 1 aromatic rings. The van der Waals surface area contributed by atoms with E-state index in [0.29, 0.717) is 0 Å². The second kappa shape index (κ2) is 4.64. The first-order chi connectivity index (χ1) is 7.72. The predicted molar refractivity (Wildman–Crippen MR) is 69.9 cm³/mol. The molecule has 1 heterocycles. The smallest absolute Gasteiger partial charge is 0.182 e. The van der Waals surface area contributed by atoms with Gasteiger partial charge in [0.25, 0.3) is 0 Å². The zero-order valence-corrected chi connectivity index (χ0v) is 11.9. The van der Waals surface area contributed by atoms with Crippen molar-refractivity contribution in [2.24, 2.45) is 0 Å². The maximum absolute atomic E-state index is 12.0. The number of anilines is 1. The van der Waals surface area contributed by atoms with Crippen LogP contribution in [0.3, 0.4) is 0 Å². The normalized spacial score (nSPS) is 12.1. The highest BCUT2D eigenvalue weighted by molar-refractivity contribution is 7.91. The van der Waals surface area contributed by atoms with Crippen LogP contribution in [0.2, 0.25) is 0 Å². The number of pyridine rings is 1. The quantitative estimate of drug-likeness (QED) is 0.899. The summed E-state index contributed by atoms with van der Waals surface area (Å²) in [6.45, 7) is 9.33. The van der Waals surface area contributed by atoms with Crippen LogP contribution in [0.1, 0.15) is 43.5 Å². The third-order valence-electron chi connectivity index (χ3n) is 2.92. The van der Waals surface area contributed by atoms with Crippen LogP contribution in [-0.4, -0.2) is 19.2 Å². The van der Waals surface area contributed by atoms with Crippen molar-refractivity contribution in [2.45, 2.75) is 45.4 Å². The Hall–Kier alpha value is -1.10. The van der Waals surface area contributed by atoms with E-state index >= 15 is 0 Å². The Balaban J connectivity index is 3.70. The molecule has 1 aromatic heterocycles. The highest BCUT2D eigenvalue weighted by Crippen LogP contribution is 2.31. The van der Waals surface area contributed by atoms with Gasteiger partial charge in [-0.3, -0.25) is 0 Å². The molecular formula is C12H20N2O2S. The highest BCUT2D eigenvalue weighted by Gasteiger charge is 2.23. The van der Waals surface area contributed by atoms with E-state index in [0.717, 1.165) is 16.8 Å². The van der Waals surface area contributed by atoms with Crippen LogP contribution in [0, 0.1) is 13.8 Å². The number of sulfone groups is 1. The van der Waals surface area contributed by atoms with Crippen molar-refractivity contribution in [3.05, 3.63) is 16.8 Å². The van der Waals surface area contributed by atoms with Crippen molar-refractivity contribution in [1.29, 1.82) is 0 Å². The first-order valence-electron chi connectivity index (χ1n) is 5.71. The van der Waals surface area contributed by atoms with Gasteiger partial charge in [-0.25, -0.2) is 13.4 Å². The van der Waals surface area contributed by atoms with Gasteiger partial charge in [-0.2, -0.15) is 0 Å². The molecule has 17 heavy (non-hydrogen) atoms. The van der Waals surface area contributed by atoms with Crippen molar-refractivity contribution < 1.29 is 8.42 Å². The third kappa shape index (κ3) is 2.44. The first kappa shape index (κ1) is 14.0. The van der Waals surface area contributed by atoms with Gasteiger partial charge in [-0.1, -0.05) is 20.8 Å². The molecule has 0 aliphatic heterocycles. The number of hydrogen-bond donors (Lipinski definition) is 1. The van der Waals surface area contributed by atoms with Gasteiger partial charge in [0.15, 0.2) is 9.84 Å². The summed E-state index contributed by atoms with van der Waals surface area (Å²) in [4.78, 5) is 4.37. The second-order valence-electron chi connectivity index (χ2n) is 4.51. The molecule has 4 nitrogen and oxygen atoms in total. The largest absolute Gasteiger partial charge is 0.383 e. The molecule has 0 aliphatic carbocycles. The molecule has 0 unspecified atom stereocenters. The van der Waals surface area contributed by atoms with E-state index in [4.69, 9.17) is 5.73 Å². The Labute approximate surface area is 103 Å². The molecule has 0 amide bonds. The molecule has 0 saturated heterocycles. The Morgan fingerprint density at radius 2 is 1.82 bits per heavy atom. The summed E-state index contributed by atoms with van der Waals surface area (Å²) in [5, 5.41) is 0. The van der Waals surface area contributed by atoms with Crippen LogP contribution in [0.4, 0.5) is 5.82 Å². The number of hydrogen-bond acceptors (Lipinski definition) is 4. The Morgan fingerprint density at radius 3 is 2.24 bits per heavy atom. The number of nitrogen functional groups attached to an aromatic ring is 1. The summed E-state index contributed by atoms with van der Waals surface area (Å²) >= 11 is 0. The molecule has 0 saturated carbocycles. The lowest BCUT2D eigenvalue weighted by atomic mass is 9.97. The average Bonchev–Trinajstić information content (AvgIpc) is 2.15. The average molecular weight is 256 g/mol. The molecular weight excluding hydrogens is 236 g/mol. The SMILES string of the molecule is CCS(=O)(=O)c1c(N)nc(C)c(C(C)C)c1C. The van der Waals surface area contributed by atoms with Crippen LogP contribution in [0.15, 0.2) is 4.90 Å². The van der Waals surface area contributed by atoms with E-state index in [2.05, 4.69) is 4.98 Å². The number of aryl methyl sites for hydroxylation is 1. The monoisotopic (exact) mass is 256 g/mol. The molecule has 1 rings (SSSR count). The minimum absolute atomic E-state index is 0.0420. The van der Waals surface area contributed by atoms with Gasteiger partial charge in [0, 0.05) is 5.69 Å². The number of aromatic nitrogens is 1. The van der Waals surface area contributed by atoms with E-state index in [1.165, 1.54) is 0 Å². The van der Waals surface area contributed by atoms with Crippen molar-refractivity contribution in [3.63, 3.8) is 0 Å². The lowest BCUT2D eigenvalue weighted by Gasteiger charge is -2.18. The molecule has 0 atom stereocenters. The van der Waals surface area contributed by atoms with Gasteiger partial charge in [0.1, 0.15) is 10.7 Å². The summed E-state index contributed by atoms with van der Waals surface area (Å²) in [5.41, 5.74) is 8.29. The molecule has 0 radical (unpaired) electrons. The van der Waals surface area contributed by atoms with Crippen molar-refractivity contribution in [3.8, 4) is 0 Å². The second-order valence-corrected chi connectivity index (χ2v) is 6.72. The molecule has 0 aliphatic rings. The van der Waals surface area contributed by atoms with Gasteiger partial charge in [-0.15, -0.1) is 0 Å². The van der Waals surface area contributed by atoms with E-state index in [1.807, 2.05) is 27.7 Å². The summed E-state index contributed by atoms with van der Waals surface area (Å²) in [6.07, 6.45) is 0. The number of rotatable bonds is 3. The van der Waals surface area contributed by atoms with Gasteiger partial charge < -0.3 is 5.73 Å². The van der Waals surface area contributed by atoms with E-state index < -0.39 is 9.84 Å². The number of nitrogens with zero attached hydrogens (tertiary/aromatic N) is 1. The van der Waals surface area contributed by atoms with E-state index in [9.17, 15) is 8.42 Å². The van der Waals surface area contributed by atoms with Crippen LogP contribution in [-0.2, 0) is 9.84 Å². The molecule has 96 valence electrons. The van der Waals surface area contributed by atoms with E-state index in [1.54, 1.807) is 6.92 Å². The van der Waals surface area contributed by atoms with E-state index in [-0.39, 0.29) is 22.4 Å². The Kier molecular flexibility index (Phi) is 3.81. The lowest BCUT2D eigenvalue weighted by Crippen LogP contribution is -2.14. The first-order valence-corrected chi connectivity index (χ1v) is 7.36. The zero-order valence-electron chi connectivity index (χ0n) is 11.0. The molecule has 0 aromatic carbocycles. The van der Waals surface area contributed by atoms with Crippen molar-refractivity contribution >= 4 is 15.7 Å². The summed E-state index contributed by atoms with van der Waals surface area (Å²) in [5.74, 6) is 0.389. The minimum atomic E-state index is -3.32. The number of nitrogens with two attached hydrogens (primary N) is 1. The summed E-state index contributed by atoms with van der Waals surface area (Å²) in [7, 11) is -3.32. The Bertz CT molecular complexity index is 534. The van der Waals surface area contributed by atoms with Gasteiger partial charge in [0.05, 0.1) is 5.75 Å². The Morgan fingerprint density at radius 1 is 1.29 bits per heavy atom. The van der Waals surface area contributed by atoms with Crippen LogP contribution < -0.4 is 5.73 Å². The maximum atomic E-state index is 12.0. The fourth-order valence-electron chi connectivity index (χ4n) is 2.27. The maximum Gasteiger partial charge on any atom is 0.182 e. The van der Waals surface area contributed by atoms with Gasteiger partial charge in [0.2, 0.25) is 0 Å². The third-order valence-corrected chi connectivity index (χ3v) is 4.82. The molecule has 0 spiro atoms. The molecule has 0 fully saturated rings. The summed E-state index contributed by atoms with van der Waals surface area (Å²) < 4.78 is 24.0. The highest BCUT2D eigenvalue weighted by atomic mass is 32.2. The predicted octanol–water partition coefficient (Wildman–Crippen LogP) is 2.20. The van der Waals surface area contributed by atoms with Crippen LogP contribution in [0.5, 0.6) is 0 Å². The minimum Gasteiger partial charge on any atom is -0.383 e. The van der Waals surface area contributed by atoms with Crippen molar-refractivity contribution in [1.82, 2.24) is 4.98 Å². The van der Waals surface area contributed by atoms with Crippen LogP contribution >= 0.6 is 0 Å². The zero-order chi connectivity index (χ0) is 13.4. The topological polar surface area (TPSA) is 73.0 Å².